The fourth-order valence-corrected chi connectivity index (χ4v) is 1.57. The molecule has 0 spiro atoms. The van der Waals surface area contributed by atoms with Gasteiger partial charge in [-0.05, 0) is 25.5 Å². The zero-order valence-electron chi connectivity index (χ0n) is 7.77. The highest BCUT2D eigenvalue weighted by Crippen LogP contribution is 2.15. The zero-order valence-corrected chi connectivity index (χ0v) is 7.77. The van der Waals surface area contributed by atoms with Crippen molar-refractivity contribution in [2.24, 2.45) is 0 Å². The molecule has 13 heavy (non-hydrogen) atoms. The first kappa shape index (κ1) is 8.23. The molecule has 68 valence electrons. The van der Waals surface area contributed by atoms with Gasteiger partial charge in [-0.15, -0.1) is 5.10 Å². The molecule has 1 aliphatic rings. The van der Waals surface area contributed by atoms with Gasteiger partial charge in [0, 0.05) is 19.3 Å². The minimum absolute atomic E-state index is 0.981. The first-order chi connectivity index (χ1) is 6.36. The highest BCUT2D eigenvalue weighted by molar-refractivity contribution is 5.39. The Hall–Kier alpha value is -1.38. The van der Waals surface area contributed by atoms with Gasteiger partial charge in [0.2, 0.25) is 0 Å². The van der Waals surface area contributed by atoms with Crippen LogP contribution in [0.1, 0.15) is 13.3 Å². The van der Waals surface area contributed by atoms with Crippen molar-refractivity contribution in [2.75, 3.05) is 18.0 Å². The SMILES string of the molecule is CC1=CCCN(c2cccnn2)C1. The number of anilines is 1. The van der Waals surface area contributed by atoms with Crippen molar-refractivity contribution in [3.8, 4) is 0 Å². The summed E-state index contributed by atoms with van der Waals surface area (Å²) >= 11 is 0. The number of aromatic nitrogens is 2. The van der Waals surface area contributed by atoms with Crippen LogP contribution in [0, 0.1) is 0 Å². The normalized spacial score (nSPS) is 17.0. The molecule has 0 unspecified atom stereocenters. The Kier molecular flexibility index (Phi) is 2.25. The highest BCUT2D eigenvalue weighted by Gasteiger charge is 2.10. The molecule has 0 aliphatic carbocycles. The second-order valence-electron chi connectivity index (χ2n) is 3.34. The Morgan fingerprint density at radius 3 is 3.08 bits per heavy atom. The predicted octanol–water partition coefficient (Wildman–Crippen LogP) is 1.63. The van der Waals surface area contributed by atoms with E-state index in [0.29, 0.717) is 0 Å². The van der Waals surface area contributed by atoms with Crippen molar-refractivity contribution in [3.05, 3.63) is 30.0 Å². The molecular formula is C10H13N3. The van der Waals surface area contributed by atoms with Crippen molar-refractivity contribution < 1.29 is 0 Å². The summed E-state index contributed by atoms with van der Waals surface area (Å²) in [6.07, 6.45) is 5.10. The number of rotatable bonds is 1. The number of hydrogen-bond donors (Lipinski definition) is 0. The molecule has 1 aromatic heterocycles. The lowest BCUT2D eigenvalue weighted by Gasteiger charge is -2.26. The molecule has 0 aromatic carbocycles. The first-order valence-corrected chi connectivity index (χ1v) is 4.54. The van der Waals surface area contributed by atoms with E-state index in [2.05, 4.69) is 28.1 Å². The van der Waals surface area contributed by atoms with Crippen LogP contribution in [0.3, 0.4) is 0 Å². The van der Waals surface area contributed by atoms with Gasteiger partial charge in [-0.1, -0.05) is 11.6 Å². The third-order valence-corrected chi connectivity index (χ3v) is 2.21. The summed E-state index contributed by atoms with van der Waals surface area (Å²) in [6.45, 7) is 4.19. The van der Waals surface area contributed by atoms with E-state index < -0.39 is 0 Å². The Balaban J connectivity index is 2.15. The van der Waals surface area contributed by atoms with Gasteiger partial charge in [0.15, 0.2) is 5.82 Å². The first-order valence-electron chi connectivity index (χ1n) is 4.54. The largest absolute Gasteiger partial charge is 0.351 e. The number of hydrogen-bond acceptors (Lipinski definition) is 3. The van der Waals surface area contributed by atoms with Crippen LogP contribution < -0.4 is 4.90 Å². The van der Waals surface area contributed by atoms with Crippen LogP contribution in [-0.4, -0.2) is 23.3 Å². The minimum atomic E-state index is 0.981. The van der Waals surface area contributed by atoms with Gasteiger partial charge in [-0.3, -0.25) is 0 Å². The Morgan fingerprint density at radius 1 is 1.46 bits per heavy atom. The van der Waals surface area contributed by atoms with Crippen LogP contribution >= 0.6 is 0 Å². The Morgan fingerprint density at radius 2 is 2.38 bits per heavy atom. The fraction of sp³-hybridized carbons (Fsp3) is 0.400. The lowest BCUT2D eigenvalue weighted by atomic mass is 10.1. The molecule has 0 amide bonds. The average Bonchev–Trinajstić information content (AvgIpc) is 2.19. The van der Waals surface area contributed by atoms with Gasteiger partial charge in [0.25, 0.3) is 0 Å². The maximum absolute atomic E-state index is 4.09. The van der Waals surface area contributed by atoms with Crippen LogP contribution in [-0.2, 0) is 0 Å². The molecule has 3 heteroatoms. The minimum Gasteiger partial charge on any atom is -0.351 e. The third-order valence-electron chi connectivity index (χ3n) is 2.21. The predicted molar refractivity (Wildman–Crippen MR) is 52.6 cm³/mol. The van der Waals surface area contributed by atoms with Crippen LogP contribution in [0.2, 0.25) is 0 Å². The molecule has 0 saturated carbocycles. The van der Waals surface area contributed by atoms with Gasteiger partial charge in [-0.2, -0.15) is 5.10 Å². The second kappa shape index (κ2) is 3.56. The maximum atomic E-state index is 4.09. The maximum Gasteiger partial charge on any atom is 0.151 e. The van der Waals surface area contributed by atoms with E-state index >= 15 is 0 Å². The van der Waals surface area contributed by atoms with Gasteiger partial charge in [0.1, 0.15) is 0 Å². The van der Waals surface area contributed by atoms with E-state index in [-0.39, 0.29) is 0 Å². The average molecular weight is 175 g/mol. The van der Waals surface area contributed by atoms with Crippen LogP contribution in [0.4, 0.5) is 5.82 Å². The highest BCUT2D eigenvalue weighted by atomic mass is 15.3. The molecule has 0 saturated heterocycles. The van der Waals surface area contributed by atoms with E-state index in [0.717, 1.165) is 25.3 Å². The molecule has 1 aromatic rings. The smallest absolute Gasteiger partial charge is 0.151 e. The summed E-state index contributed by atoms with van der Waals surface area (Å²) < 4.78 is 0. The lowest BCUT2D eigenvalue weighted by molar-refractivity contribution is 0.766. The van der Waals surface area contributed by atoms with Crippen molar-refractivity contribution in [1.29, 1.82) is 0 Å². The second-order valence-corrected chi connectivity index (χ2v) is 3.34. The van der Waals surface area contributed by atoms with E-state index in [1.165, 1.54) is 5.57 Å². The molecular weight excluding hydrogens is 162 g/mol. The quantitative estimate of drug-likeness (QED) is 0.607. The molecule has 1 aliphatic heterocycles. The van der Waals surface area contributed by atoms with E-state index in [1.807, 2.05) is 12.1 Å². The summed E-state index contributed by atoms with van der Waals surface area (Å²) in [6, 6.07) is 3.93. The Labute approximate surface area is 78.1 Å². The van der Waals surface area contributed by atoms with Gasteiger partial charge < -0.3 is 4.90 Å². The fourth-order valence-electron chi connectivity index (χ4n) is 1.57. The molecule has 0 atom stereocenters. The molecule has 0 radical (unpaired) electrons. The van der Waals surface area contributed by atoms with Crippen molar-refractivity contribution in [3.63, 3.8) is 0 Å². The van der Waals surface area contributed by atoms with Crippen molar-refractivity contribution in [2.45, 2.75) is 13.3 Å². The van der Waals surface area contributed by atoms with Gasteiger partial charge in [-0.25, -0.2) is 0 Å². The van der Waals surface area contributed by atoms with Gasteiger partial charge in [0.05, 0.1) is 0 Å². The lowest BCUT2D eigenvalue weighted by Crippen LogP contribution is -2.29. The van der Waals surface area contributed by atoms with Gasteiger partial charge >= 0.3 is 0 Å². The molecule has 3 nitrogen and oxygen atoms in total. The summed E-state index contributed by atoms with van der Waals surface area (Å²) in [5.74, 6) is 0.981. The van der Waals surface area contributed by atoms with Crippen molar-refractivity contribution in [1.82, 2.24) is 10.2 Å². The summed E-state index contributed by atoms with van der Waals surface area (Å²) in [4.78, 5) is 2.25. The van der Waals surface area contributed by atoms with E-state index in [4.69, 9.17) is 0 Å². The number of nitrogens with zero attached hydrogens (tertiary/aromatic N) is 3. The van der Waals surface area contributed by atoms with Crippen molar-refractivity contribution >= 4 is 5.82 Å². The molecule has 0 bridgehead atoms. The molecule has 2 rings (SSSR count). The Bertz CT molecular complexity index is 305. The third kappa shape index (κ3) is 1.86. The van der Waals surface area contributed by atoms with Crippen LogP contribution in [0.25, 0.3) is 0 Å². The zero-order chi connectivity index (χ0) is 9.10. The monoisotopic (exact) mass is 175 g/mol. The summed E-state index contributed by atoms with van der Waals surface area (Å²) in [7, 11) is 0. The van der Waals surface area contributed by atoms with Crippen LogP contribution in [0.5, 0.6) is 0 Å². The topological polar surface area (TPSA) is 29.0 Å². The van der Waals surface area contributed by atoms with Crippen LogP contribution in [0.15, 0.2) is 30.0 Å². The summed E-state index contributed by atoms with van der Waals surface area (Å²) in [5.41, 5.74) is 1.41. The standard InChI is InChI=1S/C10H13N3/c1-9-4-3-7-13(8-9)10-5-2-6-11-12-10/h2,4-6H,3,7-8H2,1H3. The molecule has 0 fully saturated rings. The summed E-state index contributed by atoms with van der Waals surface area (Å²) in [5, 5.41) is 7.96. The van der Waals surface area contributed by atoms with E-state index in [1.54, 1.807) is 6.20 Å². The molecule has 0 N–H and O–H groups in total. The van der Waals surface area contributed by atoms with E-state index in [9.17, 15) is 0 Å². The molecule has 2 heterocycles.